The topological polar surface area (TPSA) is 186 Å². The van der Waals surface area contributed by atoms with Crippen LogP contribution in [-0.2, 0) is 4.79 Å². The van der Waals surface area contributed by atoms with Crippen molar-refractivity contribution in [2.75, 3.05) is 26.2 Å². The van der Waals surface area contributed by atoms with Gasteiger partial charge < -0.3 is 38.2 Å². The Kier molecular flexibility index (Phi) is 35.4. The summed E-state index contributed by atoms with van der Waals surface area (Å²) in [5.74, 6) is -0.670. The summed E-state index contributed by atoms with van der Waals surface area (Å²) in [6.45, 7) is 5.05. The van der Waals surface area contributed by atoms with Gasteiger partial charge in [-0.15, -0.1) is 0 Å². The van der Waals surface area contributed by atoms with Crippen molar-refractivity contribution in [1.29, 1.82) is 0 Å². The van der Waals surface area contributed by atoms with Crippen LogP contribution >= 0.6 is 0 Å². The summed E-state index contributed by atoms with van der Waals surface area (Å²) < 4.78 is 0. The first kappa shape index (κ1) is 36.3. The van der Waals surface area contributed by atoms with Gasteiger partial charge in [-0.25, -0.2) is 0 Å². The number of carboxylic acid groups (broad SMARTS) is 1. The molecular formula is C22H53N7O2. The van der Waals surface area contributed by atoms with Crippen LogP contribution in [0.15, 0.2) is 9.98 Å². The van der Waals surface area contributed by atoms with Crippen LogP contribution in [0.5, 0.6) is 0 Å². The quantitative estimate of drug-likeness (QED) is 0.117. The van der Waals surface area contributed by atoms with E-state index in [4.69, 9.17) is 32.8 Å². The molecular weight excluding hydrogens is 394 g/mol. The first-order chi connectivity index (χ1) is 13.9. The second kappa shape index (κ2) is 30.2. The predicted octanol–water partition coefficient (Wildman–Crippen LogP) is 0.806. The molecule has 0 spiro atoms. The van der Waals surface area contributed by atoms with Gasteiger partial charge in [0.15, 0.2) is 11.9 Å². The van der Waals surface area contributed by atoms with Crippen molar-refractivity contribution in [3.05, 3.63) is 0 Å². The number of hydrogen-bond acceptors (Lipinski definition) is 4. The van der Waals surface area contributed by atoms with Crippen molar-refractivity contribution in [2.24, 2.45) is 32.9 Å². The lowest BCUT2D eigenvalue weighted by Gasteiger charge is -2.03. The van der Waals surface area contributed by atoms with Crippen molar-refractivity contribution in [1.82, 2.24) is 0 Å². The number of hydrogen-bond donors (Lipinski definition) is 5. The molecule has 0 aliphatic heterocycles. The van der Waals surface area contributed by atoms with Gasteiger partial charge in [-0.05, 0) is 45.4 Å². The van der Waals surface area contributed by atoms with Crippen molar-refractivity contribution in [3.63, 3.8) is 0 Å². The number of guanidine groups is 2. The molecule has 31 heavy (non-hydrogen) atoms. The van der Waals surface area contributed by atoms with Crippen LogP contribution < -0.4 is 33.4 Å². The van der Waals surface area contributed by atoms with E-state index < -0.39 is 5.97 Å². The van der Waals surface area contributed by atoms with Crippen molar-refractivity contribution < 1.29 is 15.2 Å². The standard InChI is InChI=1S/C18H41N7.C2H4O2.2CH4/c19-17(20)24-15-11-7-3-1-5-9-13-23-14-10-6-2-4-8-12-16-25-18(21)22;1-2(3)4;;/h23H,1-16H2,(H4,19,20,24)(H4,21,22,25);1H3,(H,3,4);2*1H4. The summed E-state index contributed by atoms with van der Waals surface area (Å²) in [5.41, 5.74) is 21.1. The van der Waals surface area contributed by atoms with Crippen LogP contribution in [0.2, 0.25) is 0 Å². The first-order valence-electron chi connectivity index (χ1n) is 11.0. The summed E-state index contributed by atoms with van der Waals surface area (Å²) in [6, 6.07) is 0. The van der Waals surface area contributed by atoms with E-state index in [9.17, 15) is 0 Å². The molecule has 0 amide bonds. The van der Waals surface area contributed by atoms with Crippen LogP contribution in [0, 0.1) is 0 Å². The van der Waals surface area contributed by atoms with Gasteiger partial charge in [-0.3, -0.25) is 9.98 Å². The molecule has 0 aliphatic rings. The fraction of sp³-hybridized carbons (Fsp3) is 0.864. The van der Waals surface area contributed by atoms with Gasteiger partial charge in [0.1, 0.15) is 0 Å². The highest BCUT2D eigenvalue weighted by atomic mass is 16.4. The Hall–Kier alpha value is -2.03. The molecule has 0 saturated heterocycles. The van der Waals surface area contributed by atoms with E-state index in [2.05, 4.69) is 15.3 Å². The third-order valence-electron chi connectivity index (χ3n) is 4.22. The number of carboxylic acids is 1. The zero-order chi connectivity index (χ0) is 22.2. The molecule has 0 atom stereocenters. The molecule has 0 saturated carbocycles. The molecule has 9 nitrogen and oxygen atoms in total. The SMILES string of the molecule is C.C.CC(=O)[O-].NC(N)=NCCCCCCCC[NH2+]CCCCCCCCN=C(N)N. The molecule has 0 aliphatic carbocycles. The number of aliphatic carboxylic acids is 1. The van der Waals surface area contributed by atoms with Crippen molar-refractivity contribution in [2.45, 2.75) is 98.8 Å². The first-order valence-corrected chi connectivity index (χ1v) is 11.0. The maximum atomic E-state index is 8.89. The Morgan fingerprint density at radius 3 is 1.19 bits per heavy atom. The highest BCUT2D eigenvalue weighted by molar-refractivity contribution is 5.75. The molecule has 0 aromatic rings. The van der Waals surface area contributed by atoms with Gasteiger partial charge in [0, 0.05) is 19.1 Å². The number of carbonyl (C=O) groups excluding carboxylic acids is 1. The summed E-state index contributed by atoms with van der Waals surface area (Å²) in [6.07, 6.45) is 15.2. The summed E-state index contributed by atoms with van der Waals surface area (Å²) in [4.78, 5) is 16.9. The van der Waals surface area contributed by atoms with Crippen molar-refractivity contribution in [3.8, 4) is 0 Å². The van der Waals surface area contributed by atoms with Crippen molar-refractivity contribution >= 4 is 17.9 Å². The highest BCUT2D eigenvalue weighted by Gasteiger charge is 1.95. The van der Waals surface area contributed by atoms with Gasteiger partial charge >= 0.3 is 0 Å². The Labute approximate surface area is 191 Å². The smallest absolute Gasteiger partial charge is 0.185 e. The number of nitrogens with two attached hydrogens (primary N) is 5. The third kappa shape index (κ3) is 47.3. The number of aliphatic imine (C=N–C) groups is 2. The Morgan fingerprint density at radius 2 is 0.903 bits per heavy atom. The molecule has 0 rings (SSSR count). The lowest BCUT2D eigenvalue weighted by Crippen LogP contribution is -2.84. The Bertz CT molecular complexity index is 386. The monoisotopic (exact) mass is 447 g/mol. The molecule has 9 heteroatoms. The minimum absolute atomic E-state index is 0. The average Bonchev–Trinajstić information content (AvgIpc) is 2.62. The minimum atomic E-state index is -1.08. The maximum Gasteiger partial charge on any atom is 0.185 e. The van der Waals surface area contributed by atoms with E-state index in [1.807, 2.05) is 0 Å². The van der Waals surface area contributed by atoms with E-state index in [1.165, 1.54) is 77.3 Å². The number of carbonyl (C=O) groups is 1. The number of nitrogens with zero attached hydrogens (tertiary/aromatic N) is 2. The Morgan fingerprint density at radius 1 is 0.645 bits per heavy atom. The zero-order valence-corrected chi connectivity index (χ0v) is 18.4. The lowest BCUT2D eigenvalue weighted by molar-refractivity contribution is -0.655. The van der Waals surface area contributed by atoms with Crippen LogP contribution in [0.25, 0.3) is 0 Å². The molecule has 0 fully saturated rings. The van der Waals surface area contributed by atoms with Gasteiger partial charge in [0.05, 0.1) is 13.1 Å². The number of rotatable bonds is 18. The largest absolute Gasteiger partial charge is 0.550 e. The molecule has 188 valence electrons. The minimum Gasteiger partial charge on any atom is -0.550 e. The molecule has 0 aromatic carbocycles. The fourth-order valence-electron chi connectivity index (χ4n) is 2.78. The third-order valence-corrected chi connectivity index (χ3v) is 4.22. The molecule has 0 radical (unpaired) electrons. The molecule has 10 N–H and O–H groups in total. The maximum absolute atomic E-state index is 8.89. The van der Waals surface area contributed by atoms with Crippen LogP contribution in [-0.4, -0.2) is 44.1 Å². The molecule has 0 heterocycles. The Balaban J connectivity index is -0.000000555. The van der Waals surface area contributed by atoms with Crippen LogP contribution in [0.3, 0.4) is 0 Å². The summed E-state index contributed by atoms with van der Waals surface area (Å²) >= 11 is 0. The van der Waals surface area contributed by atoms with Gasteiger partial charge in [0.2, 0.25) is 0 Å². The molecule has 0 bridgehead atoms. The summed E-state index contributed by atoms with van der Waals surface area (Å²) in [7, 11) is 0. The predicted molar refractivity (Wildman–Crippen MR) is 133 cm³/mol. The number of quaternary nitrogens is 1. The van der Waals surface area contributed by atoms with E-state index in [-0.39, 0.29) is 26.8 Å². The second-order valence-electron chi connectivity index (χ2n) is 7.21. The van der Waals surface area contributed by atoms with Gasteiger partial charge in [0.25, 0.3) is 0 Å². The molecule has 0 unspecified atom stereocenters. The average molecular weight is 448 g/mol. The van der Waals surface area contributed by atoms with E-state index in [0.29, 0.717) is 0 Å². The van der Waals surface area contributed by atoms with Crippen LogP contribution in [0.4, 0.5) is 0 Å². The van der Waals surface area contributed by atoms with E-state index in [1.54, 1.807) is 0 Å². The molecule has 0 aromatic heterocycles. The zero-order valence-electron chi connectivity index (χ0n) is 18.4. The summed E-state index contributed by atoms with van der Waals surface area (Å²) in [5, 5.41) is 11.4. The number of unbranched alkanes of at least 4 members (excludes halogenated alkanes) is 10. The van der Waals surface area contributed by atoms with Gasteiger partial charge in [-0.1, -0.05) is 53.4 Å². The highest BCUT2D eigenvalue weighted by Crippen LogP contribution is 2.05. The normalized spacial score (nSPS) is 9.32. The van der Waals surface area contributed by atoms with Crippen LogP contribution in [0.1, 0.15) is 98.8 Å². The lowest BCUT2D eigenvalue weighted by atomic mass is 10.1. The van der Waals surface area contributed by atoms with E-state index >= 15 is 0 Å². The van der Waals surface area contributed by atoms with E-state index in [0.717, 1.165) is 32.9 Å². The second-order valence-corrected chi connectivity index (χ2v) is 7.21. The fourth-order valence-corrected chi connectivity index (χ4v) is 2.78. The van der Waals surface area contributed by atoms with Gasteiger partial charge in [-0.2, -0.15) is 0 Å².